The molecule has 0 atom stereocenters. The SMILES string of the molecule is C=C/C=C(/NC(/C=C\C)=C/C)c1ccccc1C. The lowest BCUT2D eigenvalue weighted by molar-refractivity contribution is 1.12. The van der Waals surface area contributed by atoms with E-state index in [0.717, 1.165) is 11.4 Å². The highest BCUT2D eigenvalue weighted by atomic mass is 14.9. The molecular weight excluding hydrogens is 218 g/mol. The zero-order chi connectivity index (χ0) is 13.4. The van der Waals surface area contributed by atoms with Gasteiger partial charge in [0.2, 0.25) is 0 Å². The molecule has 1 heteroatoms. The fraction of sp³-hybridized carbons (Fsp3) is 0.176. The van der Waals surface area contributed by atoms with Crippen LogP contribution in [0, 0.1) is 6.92 Å². The van der Waals surface area contributed by atoms with E-state index in [1.54, 1.807) is 6.08 Å². The van der Waals surface area contributed by atoms with Crippen LogP contribution in [0.2, 0.25) is 0 Å². The molecule has 1 aromatic rings. The van der Waals surface area contributed by atoms with Gasteiger partial charge in [-0.3, -0.25) is 0 Å². The third kappa shape index (κ3) is 3.77. The van der Waals surface area contributed by atoms with Crippen LogP contribution in [0.15, 0.2) is 66.9 Å². The summed E-state index contributed by atoms with van der Waals surface area (Å²) >= 11 is 0. The van der Waals surface area contributed by atoms with Gasteiger partial charge in [-0.25, -0.2) is 0 Å². The van der Waals surface area contributed by atoms with Crippen LogP contribution in [0.5, 0.6) is 0 Å². The summed E-state index contributed by atoms with van der Waals surface area (Å²) in [6.07, 6.45) is 9.92. The normalized spacial score (nSPS) is 12.8. The van der Waals surface area contributed by atoms with Crippen LogP contribution in [-0.4, -0.2) is 0 Å². The average molecular weight is 239 g/mol. The Morgan fingerprint density at radius 1 is 1.22 bits per heavy atom. The largest absolute Gasteiger partial charge is 0.355 e. The van der Waals surface area contributed by atoms with E-state index in [2.05, 4.69) is 43.1 Å². The Morgan fingerprint density at radius 2 is 1.94 bits per heavy atom. The van der Waals surface area contributed by atoms with Crippen molar-refractivity contribution < 1.29 is 0 Å². The molecule has 0 saturated carbocycles. The van der Waals surface area contributed by atoms with E-state index in [9.17, 15) is 0 Å². The topological polar surface area (TPSA) is 12.0 Å². The van der Waals surface area contributed by atoms with Crippen molar-refractivity contribution in [3.8, 4) is 0 Å². The van der Waals surface area contributed by atoms with E-state index < -0.39 is 0 Å². The molecule has 0 bridgehead atoms. The number of benzene rings is 1. The second-order valence-electron chi connectivity index (χ2n) is 4.00. The molecule has 1 aromatic carbocycles. The molecule has 0 amide bonds. The Labute approximate surface area is 110 Å². The van der Waals surface area contributed by atoms with Gasteiger partial charge in [-0.15, -0.1) is 0 Å². The second kappa shape index (κ2) is 7.33. The molecule has 0 aliphatic rings. The molecule has 0 unspecified atom stereocenters. The Morgan fingerprint density at radius 3 is 2.50 bits per heavy atom. The van der Waals surface area contributed by atoms with Gasteiger partial charge in [0.1, 0.15) is 0 Å². The molecule has 94 valence electrons. The number of nitrogens with one attached hydrogen (secondary N) is 1. The number of allylic oxidation sites excluding steroid dienone is 5. The third-order valence-electron chi connectivity index (χ3n) is 2.66. The maximum absolute atomic E-state index is 3.78. The summed E-state index contributed by atoms with van der Waals surface area (Å²) in [5.74, 6) is 0. The summed E-state index contributed by atoms with van der Waals surface area (Å²) in [4.78, 5) is 0. The molecule has 0 saturated heterocycles. The molecule has 0 aliphatic heterocycles. The number of hydrogen-bond donors (Lipinski definition) is 1. The summed E-state index contributed by atoms with van der Waals surface area (Å²) in [6.45, 7) is 9.92. The van der Waals surface area contributed by atoms with Crippen LogP contribution in [0.3, 0.4) is 0 Å². The van der Waals surface area contributed by atoms with Gasteiger partial charge >= 0.3 is 0 Å². The Bertz CT molecular complexity index is 490. The lowest BCUT2D eigenvalue weighted by Crippen LogP contribution is -2.11. The highest BCUT2D eigenvalue weighted by Crippen LogP contribution is 2.17. The molecule has 0 radical (unpaired) electrons. The zero-order valence-electron chi connectivity index (χ0n) is 11.4. The first kappa shape index (κ1) is 14.0. The van der Waals surface area contributed by atoms with Crippen molar-refractivity contribution in [3.63, 3.8) is 0 Å². The summed E-state index contributed by atoms with van der Waals surface area (Å²) in [5, 5.41) is 3.43. The molecule has 0 fully saturated rings. The predicted octanol–water partition coefficient (Wildman–Crippen LogP) is 4.59. The molecule has 1 rings (SSSR count). The fourth-order valence-corrected chi connectivity index (χ4v) is 1.74. The summed E-state index contributed by atoms with van der Waals surface area (Å²) < 4.78 is 0. The van der Waals surface area contributed by atoms with Gasteiger partial charge in [-0.05, 0) is 38.5 Å². The molecular formula is C17H21N. The first-order valence-electron chi connectivity index (χ1n) is 6.17. The van der Waals surface area contributed by atoms with Crippen molar-refractivity contribution in [1.82, 2.24) is 5.32 Å². The molecule has 0 aliphatic carbocycles. The fourth-order valence-electron chi connectivity index (χ4n) is 1.74. The summed E-state index contributed by atoms with van der Waals surface area (Å²) in [7, 11) is 0. The monoisotopic (exact) mass is 239 g/mol. The Kier molecular flexibility index (Phi) is 5.72. The van der Waals surface area contributed by atoms with Gasteiger partial charge in [0.15, 0.2) is 0 Å². The van der Waals surface area contributed by atoms with E-state index in [-0.39, 0.29) is 0 Å². The average Bonchev–Trinajstić information content (AvgIpc) is 2.38. The molecule has 1 N–H and O–H groups in total. The van der Waals surface area contributed by atoms with Gasteiger partial charge in [0.05, 0.1) is 0 Å². The van der Waals surface area contributed by atoms with Crippen LogP contribution in [0.1, 0.15) is 25.0 Å². The lowest BCUT2D eigenvalue weighted by atomic mass is 10.1. The van der Waals surface area contributed by atoms with Gasteiger partial charge in [-0.2, -0.15) is 0 Å². The maximum Gasteiger partial charge on any atom is 0.0460 e. The Balaban J connectivity index is 3.09. The molecule has 18 heavy (non-hydrogen) atoms. The molecule has 0 aromatic heterocycles. The van der Waals surface area contributed by atoms with Crippen molar-refractivity contribution in [2.24, 2.45) is 0 Å². The van der Waals surface area contributed by atoms with E-state index in [4.69, 9.17) is 0 Å². The van der Waals surface area contributed by atoms with E-state index >= 15 is 0 Å². The standard InChI is InChI=1S/C17H21N/c1-5-10-15(7-3)18-17(11-6-2)16-13-9-8-12-14(16)4/h5-13,18H,2H2,1,3-4H3/b10-5-,15-7+,17-11+. The van der Waals surface area contributed by atoms with E-state index in [1.807, 2.05) is 38.1 Å². The van der Waals surface area contributed by atoms with Crippen molar-refractivity contribution >= 4 is 5.70 Å². The van der Waals surface area contributed by atoms with Crippen LogP contribution < -0.4 is 5.32 Å². The maximum atomic E-state index is 3.78. The minimum Gasteiger partial charge on any atom is -0.355 e. The van der Waals surface area contributed by atoms with Crippen molar-refractivity contribution in [2.45, 2.75) is 20.8 Å². The molecule has 1 nitrogen and oxygen atoms in total. The molecule has 0 spiro atoms. The van der Waals surface area contributed by atoms with Crippen LogP contribution in [-0.2, 0) is 0 Å². The van der Waals surface area contributed by atoms with E-state index in [1.165, 1.54) is 11.1 Å². The van der Waals surface area contributed by atoms with Crippen molar-refractivity contribution in [3.05, 3.63) is 78.0 Å². The van der Waals surface area contributed by atoms with Gasteiger partial charge < -0.3 is 5.32 Å². The number of aryl methyl sites for hydroxylation is 1. The first-order valence-corrected chi connectivity index (χ1v) is 6.17. The number of hydrogen-bond acceptors (Lipinski definition) is 1. The predicted molar refractivity (Wildman–Crippen MR) is 81.1 cm³/mol. The summed E-state index contributed by atoms with van der Waals surface area (Å²) in [5.41, 5.74) is 4.58. The quantitative estimate of drug-likeness (QED) is 0.741. The van der Waals surface area contributed by atoms with Crippen molar-refractivity contribution in [1.29, 1.82) is 0 Å². The van der Waals surface area contributed by atoms with Crippen molar-refractivity contribution in [2.75, 3.05) is 0 Å². The third-order valence-corrected chi connectivity index (χ3v) is 2.66. The van der Waals surface area contributed by atoms with Gasteiger partial charge in [-0.1, -0.05) is 49.1 Å². The van der Waals surface area contributed by atoms with E-state index in [0.29, 0.717) is 0 Å². The van der Waals surface area contributed by atoms with Crippen LogP contribution >= 0.6 is 0 Å². The minimum atomic E-state index is 1.06. The van der Waals surface area contributed by atoms with Crippen LogP contribution in [0.4, 0.5) is 0 Å². The Hall–Kier alpha value is -2.02. The highest BCUT2D eigenvalue weighted by molar-refractivity contribution is 5.69. The highest BCUT2D eigenvalue weighted by Gasteiger charge is 2.04. The first-order chi connectivity index (χ1) is 8.72. The smallest absolute Gasteiger partial charge is 0.0460 e. The molecule has 0 heterocycles. The van der Waals surface area contributed by atoms with Gasteiger partial charge in [0, 0.05) is 17.0 Å². The second-order valence-corrected chi connectivity index (χ2v) is 4.00. The summed E-state index contributed by atoms with van der Waals surface area (Å²) in [6, 6.07) is 8.32. The minimum absolute atomic E-state index is 1.06. The zero-order valence-corrected chi connectivity index (χ0v) is 11.4. The van der Waals surface area contributed by atoms with Gasteiger partial charge in [0.25, 0.3) is 0 Å². The van der Waals surface area contributed by atoms with Crippen LogP contribution in [0.25, 0.3) is 5.70 Å². The lowest BCUT2D eigenvalue weighted by Gasteiger charge is -2.14. The number of rotatable bonds is 5.